The quantitative estimate of drug-likeness (QED) is 0.609. The molecule has 0 bridgehead atoms. The molecule has 4 heterocycles. The third-order valence-corrected chi connectivity index (χ3v) is 4.71. The summed E-state index contributed by atoms with van der Waals surface area (Å²) in [5, 5.41) is 8.59. The minimum absolute atomic E-state index is 0.0895. The molecule has 1 saturated heterocycles. The van der Waals surface area contributed by atoms with Gasteiger partial charge in [0.15, 0.2) is 5.82 Å². The minimum Gasteiger partial charge on any atom is -0.299 e. The first-order valence-electron chi connectivity index (χ1n) is 9.06. The summed E-state index contributed by atoms with van der Waals surface area (Å²) >= 11 is 0. The molecule has 1 fully saturated rings. The maximum absolute atomic E-state index is 12.1. The van der Waals surface area contributed by atoms with Gasteiger partial charge in [0, 0.05) is 63.9 Å². The summed E-state index contributed by atoms with van der Waals surface area (Å²) in [6, 6.07) is 7.02. The van der Waals surface area contributed by atoms with E-state index in [9.17, 15) is 4.79 Å². The SMILES string of the molecule is O=c1ccc(-n2cccn2)nn1CCN1CCN(Cc2ccncn2)CC1. The number of aromatic nitrogens is 6. The van der Waals surface area contributed by atoms with Gasteiger partial charge in [-0.3, -0.25) is 14.6 Å². The van der Waals surface area contributed by atoms with Gasteiger partial charge in [-0.25, -0.2) is 19.3 Å². The molecular weight excluding hydrogens is 344 g/mol. The van der Waals surface area contributed by atoms with Crippen molar-refractivity contribution in [2.45, 2.75) is 13.1 Å². The molecule has 27 heavy (non-hydrogen) atoms. The van der Waals surface area contributed by atoms with Crippen molar-refractivity contribution >= 4 is 0 Å². The average molecular weight is 366 g/mol. The van der Waals surface area contributed by atoms with Crippen molar-refractivity contribution in [3.63, 3.8) is 0 Å². The summed E-state index contributed by atoms with van der Waals surface area (Å²) in [5.74, 6) is 0.647. The lowest BCUT2D eigenvalue weighted by atomic mass is 10.3. The van der Waals surface area contributed by atoms with Gasteiger partial charge in [0.1, 0.15) is 6.33 Å². The maximum Gasteiger partial charge on any atom is 0.266 e. The Bertz CT molecular complexity index is 901. The van der Waals surface area contributed by atoms with Gasteiger partial charge in [-0.2, -0.15) is 5.10 Å². The molecular formula is C18H22N8O. The molecule has 0 spiro atoms. The summed E-state index contributed by atoms with van der Waals surface area (Å²) in [7, 11) is 0. The highest BCUT2D eigenvalue weighted by Gasteiger charge is 2.17. The largest absolute Gasteiger partial charge is 0.299 e. The Morgan fingerprint density at radius 2 is 1.81 bits per heavy atom. The molecule has 0 saturated carbocycles. The summed E-state index contributed by atoms with van der Waals surface area (Å²) in [4.78, 5) is 25.1. The smallest absolute Gasteiger partial charge is 0.266 e. The molecule has 0 aromatic carbocycles. The lowest BCUT2D eigenvalue weighted by molar-refractivity contribution is 0.121. The fraction of sp³-hybridized carbons (Fsp3) is 0.389. The van der Waals surface area contributed by atoms with Gasteiger partial charge in [-0.15, -0.1) is 5.10 Å². The van der Waals surface area contributed by atoms with Crippen molar-refractivity contribution in [1.82, 2.24) is 39.3 Å². The second-order valence-corrected chi connectivity index (χ2v) is 6.52. The van der Waals surface area contributed by atoms with Gasteiger partial charge in [-0.1, -0.05) is 0 Å². The van der Waals surface area contributed by atoms with Crippen molar-refractivity contribution in [3.05, 3.63) is 65.2 Å². The van der Waals surface area contributed by atoms with Gasteiger partial charge < -0.3 is 0 Å². The number of nitrogens with zero attached hydrogens (tertiary/aromatic N) is 8. The standard InChI is InChI=1S/C18H22N8O/c27-18-3-2-17(25-7-1-5-21-25)22-26(18)13-12-23-8-10-24(11-9-23)14-16-4-6-19-15-20-16/h1-7,15H,8-14H2. The first kappa shape index (κ1) is 17.5. The van der Waals surface area contributed by atoms with E-state index in [1.807, 2.05) is 18.3 Å². The molecule has 0 amide bonds. The van der Waals surface area contributed by atoms with Crippen LogP contribution in [0.1, 0.15) is 5.69 Å². The van der Waals surface area contributed by atoms with E-state index in [0.717, 1.165) is 45.0 Å². The highest BCUT2D eigenvalue weighted by molar-refractivity contribution is 5.17. The van der Waals surface area contributed by atoms with E-state index in [1.165, 1.54) is 4.68 Å². The maximum atomic E-state index is 12.1. The highest BCUT2D eigenvalue weighted by atomic mass is 16.1. The van der Waals surface area contributed by atoms with E-state index >= 15 is 0 Å². The molecule has 140 valence electrons. The van der Waals surface area contributed by atoms with Crippen molar-refractivity contribution in [2.75, 3.05) is 32.7 Å². The zero-order valence-electron chi connectivity index (χ0n) is 15.1. The Labute approximate surface area is 156 Å². The molecule has 4 rings (SSSR count). The second-order valence-electron chi connectivity index (χ2n) is 6.52. The summed E-state index contributed by atoms with van der Waals surface area (Å²) in [5.41, 5.74) is 0.956. The van der Waals surface area contributed by atoms with Crippen LogP contribution in [-0.2, 0) is 13.1 Å². The van der Waals surface area contributed by atoms with E-state index in [4.69, 9.17) is 0 Å². The fourth-order valence-electron chi connectivity index (χ4n) is 3.17. The van der Waals surface area contributed by atoms with Crippen LogP contribution in [0.3, 0.4) is 0 Å². The normalized spacial score (nSPS) is 15.9. The molecule has 3 aromatic rings. The average Bonchev–Trinajstić information content (AvgIpc) is 3.24. The molecule has 1 aliphatic heterocycles. The summed E-state index contributed by atoms with van der Waals surface area (Å²) in [6.45, 7) is 6.14. The Morgan fingerprint density at radius 1 is 0.963 bits per heavy atom. The summed E-state index contributed by atoms with van der Waals surface area (Å²) < 4.78 is 3.17. The molecule has 3 aromatic heterocycles. The monoisotopic (exact) mass is 366 g/mol. The molecule has 0 radical (unpaired) electrons. The van der Waals surface area contributed by atoms with Crippen molar-refractivity contribution in [3.8, 4) is 5.82 Å². The van der Waals surface area contributed by atoms with Crippen LogP contribution in [0.4, 0.5) is 0 Å². The Balaban J connectivity index is 1.30. The van der Waals surface area contributed by atoms with Crippen LogP contribution in [0.2, 0.25) is 0 Å². The van der Waals surface area contributed by atoms with E-state index in [2.05, 4.69) is 30.0 Å². The van der Waals surface area contributed by atoms with Gasteiger partial charge in [-0.05, 0) is 18.2 Å². The van der Waals surface area contributed by atoms with Crippen molar-refractivity contribution in [2.24, 2.45) is 0 Å². The molecule has 0 N–H and O–H groups in total. The number of rotatable bonds is 6. The first-order valence-corrected chi connectivity index (χ1v) is 9.06. The minimum atomic E-state index is -0.0895. The van der Waals surface area contributed by atoms with Crippen molar-refractivity contribution in [1.29, 1.82) is 0 Å². The molecule has 0 unspecified atom stereocenters. The van der Waals surface area contributed by atoms with E-state index in [-0.39, 0.29) is 5.56 Å². The van der Waals surface area contributed by atoms with Gasteiger partial charge in [0.2, 0.25) is 0 Å². The topological polar surface area (TPSA) is 85.0 Å². The van der Waals surface area contributed by atoms with Gasteiger partial charge in [0.25, 0.3) is 5.56 Å². The molecule has 0 atom stereocenters. The molecule has 9 heteroatoms. The number of hydrogen-bond acceptors (Lipinski definition) is 7. The van der Waals surface area contributed by atoms with Crippen LogP contribution >= 0.6 is 0 Å². The lowest BCUT2D eigenvalue weighted by Gasteiger charge is -2.34. The van der Waals surface area contributed by atoms with Gasteiger partial charge in [0.05, 0.1) is 12.2 Å². The number of hydrogen-bond donors (Lipinski definition) is 0. The van der Waals surface area contributed by atoms with E-state index in [0.29, 0.717) is 12.4 Å². The van der Waals surface area contributed by atoms with Crippen LogP contribution in [0.15, 0.2) is 54.0 Å². The Hall–Kier alpha value is -2.91. The fourth-order valence-corrected chi connectivity index (χ4v) is 3.17. The first-order chi connectivity index (χ1) is 13.3. The van der Waals surface area contributed by atoms with E-state index < -0.39 is 0 Å². The number of piperazine rings is 1. The highest BCUT2D eigenvalue weighted by Crippen LogP contribution is 2.06. The third kappa shape index (κ3) is 4.44. The molecule has 1 aliphatic rings. The van der Waals surface area contributed by atoms with Crippen LogP contribution in [0.25, 0.3) is 5.82 Å². The predicted octanol–water partition coefficient (Wildman–Crippen LogP) is 0.0368. The predicted molar refractivity (Wildman–Crippen MR) is 99.4 cm³/mol. The van der Waals surface area contributed by atoms with Crippen LogP contribution in [0, 0.1) is 0 Å². The summed E-state index contributed by atoms with van der Waals surface area (Å²) in [6.07, 6.45) is 6.88. The lowest BCUT2D eigenvalue weighted by Crippen LogP contribution is -2.47. The Morgan fingerprint density at radius 3 is 2.56 bits per heavy atom. The Kier molecular flexibility index (Phi) is 5.31. The zero-order chi connectivity index (χ0) is 18.5. The van der Waals surface area contributed by atoms with E-state index in [1.54, 1.807) is 35.5 Å². The van der Waals surface area contributed by atoms with Crippen LogP contribution in [0.5, 0.6) is 0 Å². The van der Waals surface area contributed by atoms with Gasteiger partial charge >= 0.3 is 0 Å². The van der Waals surface area contributed by atoms with Crippen LogP contribution < -0.4 is 5.56 Å². The van der Waals surface area contributed by atoms with Crippen molar-refractivity contribution < 1.29 is 0 Å². The second kappa shape index (κ2) is 8.19. The third-order valence-electron chi connectivity index (χ3n) is 4.71. The van der Waals surface area contributed by atoms with Crippen LogP contribution in [-0.4, -0.2) is 72.1 Å². The zero-order valence-corrected chi connectivity index (χ0v) is 15.1. The molecule has 0 aliphatic carbocycles. The molecule has 9 nitrogen and oxygen atoms in total.